The lowest BCUT2D eigenvalue weighted by atomic mass is 10.1. The van der Waals surface area contributed by atoms with Crippen molar-refractivity contribution in [1.29, 1.82) is 0 Å². The van der Waals surface area contributed by atoms with Crippen LogP contribution in [0, 0.1) is 0 Å². The van der Waals surface area contributed by atoms with E-state index < -0.39 is 0 Å². The number of rotatable bonds is 3. The van der Waals surface area contributed by atoms with Crippen LogP contribution in [0.1, 0.15) is 24.2 Å². The molecule has 1 aromatic carbocycles. The molecule has 4 nitrogen and oxygen atoms in total. The van der Waals surface area contributed by atoms with Crippen molar-refractivity contribution in [1.82, 2.24) is 10.2 Å². The molecule has 0 unspecified atom stereocenters. The number of benzene rings is 1. The average Bonchev–Trinajstić information content (AvgIpc) is 2.38. The van der Waals surface area contributed by atoms with E-state index in [0.717, 1.165) is 31.9 Å². The molecule has 1 saturated heterocycles. The topological polar surface area (TPSA) is 41.6 Å². The fourth-order valence-electron chi connectivity index (χ4n) is 2.03. The van der Waals surface area contributed by atoms with Gasteiger partial charge in [-0.05, 0) is 32.0 Å². The zero-order valence-electron chi connectivity index (χ0n) is 11.0. The summed E-state index contributed by atoms with van der Waals surface area (Å²) in [5.74, 6) is 0.844. The summed E-state index contributed by atoms with van der Waals surface area (Å²) in [6, 6.07) is 7.42. The smallest absolute Gasteiger partial charge is 0.254 e. The molecule has 0 aliphatic carbocycles. The number of nitrogens with one attached hydrogen (secondary N) is 1. The van der Waals surface area contributed by atoms with E-state index in [1.807, 2.05) is 43.0 Å². The maximum Gasteiger partial charge on any atom is 0.254 e. The van der Waals surface area contributed by atoms with Crippen LogP contribution in [-0.2, 0) is 0 Å². The van der Waals surface area contributed by atoms with Crippen LogP contribution in [0.5, 0.6) is 5.75 Å². The number of ether oxygens (including phenoxy) is 1. The summed E-state index contributed by atoms with van der Waals surface area (Å²) in [5.41, 5.74) is 0.704. The zero-order valence-corrected chi connectivity index (χ0v) is 11.0. The molecule has 0 aromatic heterocycles. The first-order chi connectivity index (χ1) is 8.66. The van der Waals surface area contributed by atoms with Gasteiger partial charge < -0.3 is 15.0 Å². The van der Waals surface area contributed by atoms with E-state index in [2.05, 4.69) is 5.32 Å². The minimum atomic E-state index is 0.0886. The van der Waals surface area contributed by atoms with E-state index in [1.165, 1.54) is 0 Å². The Balaban J connectivity index is 2.09. The van der Waals surface area contributed by atoms with Crippen LogP contribution in [0.2, 0.25) is 0 Å². The van der Waals surface area contributed by atoms with Crippen molar-refractivity contribution in [3.8, 4) is 5.75 Å². The van der Waals surface area contributed by atoms with Crippen molar-refractivity contribution in [3.63, 3.8) is 0 Å². The fraction of sp³-hybridized carbons (Fsp3) is 0.500. The molecule has 1 aromatic rings. The molecule has 0 atom stereocenters. The minimum absolute atomic E-state index is 0.0886. The molecule has 1 fully saturated rings. The van der Waals surface area contributed by atoms with E-state index in [1.54, 1.807) is 0 Å². The first kappa shape index (κ1) is 12.9. The Morgan fingerprint density at radius 1 is 1.33 bits per heavy atom. The molecular formula is C14H20N2O2. The third-order valence-electron chi connectivity index (χ3n) is 2.86. The van der Waals surface area contributed by atoms with Crippen LogP contribution in [0.4, 0.5) is 0 Å². The lowest BCUT2D eigenvalue weighted by Gasteiger charge is -2.27. The molecule has 1 aliphatic rings. The quantitative estimate of drug-likeness (QED) is 0.881. The van der Waals surface area contributed by atoms with Gasteiger partial charge in [0, 0.05) is 31.7 Å². The molecular weight excluding hydrogens is 228 g/mol. The molecule has 18 heavy (non-hydrogen) atoms. The van der Waals surface area contributed by atoms with E-state index >= 15 is 0 Å². The van der Waals surface area contributed by atoms with E-state index in [-0.39, 0.29) is 12.0 Å². The van der Waals surface area contributed by atoms with Crippen molar-refractivity contribution >= 4 is 5.91 Å². The third-order valence-corrected chi connectivity index (χ3v) is 2.86. The van der Waals surface area contributed by atoms with Crippen LogP contribution >= 0.6 is 0 Å². The van der Waals surface area contributed by atoms with Gasteiger partial charge in [-0.2, -0.15) is 0 Å². The average molecular weight is 248 g/mol. The summed E-state index contributed by atoms with van der Waals surface area (Å²) in [7, 11) is 0. The van der Waals surface area contributed by atoms with Gasteiger partial charge in [0.05, 0.1) is 6.10 Å². The standard InChI is InChI=1S/C14H20N2O2/c1-11(2)18-13-5-3-4-12(10-13)14(17)16-8-6-15-7-9-16/h3-5,10-11,15H,6-9H2,1-2H3. The van der Waals surface area contributed by atoms with Crippen LogP contribution in [0.25, 0.3) is 0 Å². The normalized spacial score (nSPS) is 15.8. The van der Waals surface area contributed by atoms with Crippen molar-refractivity contribution in [2.75, 3.05) is 26.2 Å². The first-order valence-electron chi connectivity index (χ1n) is 6.43. The highest BCUT2D eigenvalue weighted by Crippen LogP contribution is 2.16. The summed E-state index contributed by atoms with van der Waals surface area (Å²) in [6.07, 6.45) is 0.120. The molecule has 2 rings (SSSR count). The van der Waals surface area contributed by atoms with Crippen LogP contribution in [0.3, 0.4) is 0 Å². The molecule has 1 N–H and O–H groups in total. The summed E-state index contributed by atoms with van der Waals surface area (Å²) in [4.78, 5) is 14.2. The Morgan fingerprint density at radius 2 is 2.06 bits per heavy atom. The zero-order chi connectivity index (χ0) is 13.0. The summed E-state index contributed by atoms with van der Waals surface area (Å²) < 4.78 is 5.61. The minimum Gasteiger partial charge on any atom is -0.491 e. The highest BCUT2D eigenvalue weighted by molar-refractivity contribution is 5.94. The van der Waals surface area contributed by atoms with Gasteiger partial charge in [0.25, 0.3) is 5.91 Å². The second-order valence-corrected chi connectivity index (χ2v) is 4.74. The summed E-state index contributed by atoms with van der Waals surface area (Å²) >= 11 is 0. The van der Waals surface area contributed by atoms with Gasteiger partial charge in [0.2, 0.25) is 0 Å². The second-order valence-electron chi connectivity index (χ2n) is 4.74. The SMILES string of the molecule is CC(C)Oc1cccc(C(=O)N2CCNCC2)c1. The molecule has 0 spiro atoms. The van der Waals surface area contributed by atoms with E-state index in [9.17, 15) is 4.79 Å². The number of amides is 1. The van der Waals surface area contributed by atoms with Crippen LogP contribution in [-0.4, -0.2) is 43.1 Å². The van der Waals surface area contributed by atoms with Crippen molar-refractivity contribution in [2.24, 2.45) is 0 Å². The van der Waals surface area contributed by atoms with E-state index in [4.69, 9.17) is 4.74 Å². The third kappa shape index (κ3) is 3.23. The van der Waals surface area contributed by atoms with E-state index in [0.29, 0.717) is 5.56 Å². The number of hydrogen-bond acceptors (Lipinski definition) is 3. The van der Waals surface area contributed by atoms with Gasteiger partial charge in [0.1, 0.15) is 5.75 Å². The number of carbonyl (C=O) groups excluding carboxylic acids is 1. The number of piperazine rings is 1. The van der Waals surface area contributed by atoms with Gasteiger partial charge in [-0.15, -0.1) is 0 Å². The molecule has 98 valence electrons. The maximum atomic E-state index is 12.3. The highest BCUT2D eigenvalue weighted by atomic mass is 16.5. The Kier molecular flexibility index (Phi) is 4.20. The van der Waals surface area contributed by atoms with Crippen molar-refractivity contribution in [2.45, 2.75) is 20.0 Å². The van der Waals surface area contributed by atoms with Crippen LogP contribution in [0.15, 0.2) is 24.3 Å². The number of carbonyl (C=O) groups is 1. The molecule has 0 bridgehead atoms. The largest absolute Gasteiger partial charge is 0.491 e. The number of nitrogens with zero attached hydrogens (tertiary/aromatic N) is 1. The first-order valence-corrected chi connectivity index (χ1v) is 6.43. The Morgan fingerprint density at radius 3 is 2.72 bits per heavy atom. The summed E-state index contributed by atoms with van der Waals surface area (Å²) in [6.45, 7) is 7.24. The second kappa shape index (κ2) is 5.87. The Hall–Kier alpha value is -1.55. The van der Waals surface area contributed by atoms with Gasteiger partial charge >= 0.3 is 0 Å². The molecule has 4 heteroatoms. The maximum absolute atomic E-state index is 12.3. The van der Waals surface area contributed by atoms with Crippen LogP contribution < -0.4 is 10.1 Å². The van der Waals surface area contributed by atoms with Crippen molar-refractivity contribution in [3.05, 3.63) is 29.8 Å². The molecule has 1 heterocycles. The predicted molar refractivity (Wildman–Crippen MR) is 71.0 cm³/mol. The summed E-state index contributed by atoms with van der Waals surface area (Å²) in [5, 5.41) is 3.24. The Labute approximate surface area is 108 Å². The predicted octanol–water partition coefficient (Wildman–Crippen LogP) is 1.52. The molecule has 1 aliphatic heterocycles. The fourth-order valence-corrected chi connectivity index (χ4v) is 2.03. The lowest BCUT2D eigenvalue weighted by Crippen LogP contribution is -2.46. The van der Waals surface area contributed by atoms with Gasteiger partial charge in [-0.1, -0.05) is 6.07 Å². The van der Waals surface area contributed by atoms with Gasteiger partial charge in [-0.3, -0.25) is 4.79 Å². The van der Waals surface area contributed by atoms with Gasteiger partial charge in [0.15, 0.2) is 0 Å². The van der Waals surface area contributed by atoms with Crippen molar-refractivity contribution < 1.29 is 9.53 Å². The molecule has 1 amide bonds. The number of hydrogen-bond donors (Lipinski definition) is 1. The molecule has 0 saturated carbocycles. The lowest BCUT2D eigenvalue weighted by molar-refractivity contribution is 0.0735. The highest BCUT2D eigenvalue weighted by Gasteiger charge is 2.18. The monoisotopic (exact) mass is 248 g/mol. The van der Waals surface area contributed by atoms with Gasteiger partial charge in [-0.25, -0.2) is 0 Å². The molecule has 0 radical (unpaired) electrons. The Bertz CT molecular complexity index is 412.